The highest BCUT2D eigenvalue weighted by Gasteiger charge is 2.09. The summed E-state index contributed by atoms with van der Waals surface area (Å²) in [7, 11) is 0. The highest BCUT2D eigenvalue weighted by molar-refractivity contribution is 6.31. The summed E-state index contributed by atoms with van der Waals surface area (Å²) in [6.07, 6.45) is 3.00. The average molecular weight is 367 g/mol. The summed E-state index contributed by atoms with van der Waals surface area (Å²) >= 11 is 5.98. The Hall–Kier alpha value is -2.92. The van der Waals surface area contributed by atoms with Gasteiger partial charge in [0.1, 0.15) is 0 Å². The molecule has 0 spiro atoms. The van der Waals surface area contributed by atoms with Crippen LogP contribution in [-0.2, 0) is 6.54 Å². The molecular formula is C20H19ClN4O. The van der Waals surface area contributed by atoms with Crippen molar-refractivity contribution in [1.82, 2.24) is 9.97 Å². The van der Waals surface area contributed by atoms with E-state index >= 15 is 0 Å². The smallest absolute Gasteiger partial charge is 0.258 e. The van der Waals surface area contributed by atoms with E-state index in [1.165, 1.54) is 18.0 Å². The Morgan fingerprint density at radius 2 is 1.73 bits per heavy atom. The largest absolute Gasteiger partial charge is 0.350 e. The van der Waals surface area contributed by atoms with E-state index in [4.69, 9.17) is 11.6 Å². The molecule has 5 nitrogen and oxygen atoms in total. The summed E-state index contributed by atoms with van der Waals surface area (Å²) < 4.78 is 0. The van der Waals surface area contributed by atoms with Crippen molar-refractivity contribution in [2.24, 2.45) is 0 Å². The van der Waals surface area contributed by atoms with Gasteiger partial charge in [-0.05, 0) is 37.1 Å². The van der Waals surface area contributed by atoms with Gasteiger partial charge in [-0.3, -0.25) is 4.79 Å². The van der Waals surface area contributed by atoms with E-state index in [2.05, 4.69) is 51.8 Å². The van der Waals surface area contributed by atoms with Crippen LogP contribution in [0.15, 0.2) is 54.9 Å². The van der Waals surface area contributed by atoms with Gasteiger partial charge in [-0.1, -0.05) is 47.5 Å². The molecule has 3 rings (SSSR count). The number of rotatable bonds is 5. The molecule has 0 fully saturated rings. The second-order valence-corrected chi connectivity index (χ2v) is 6.48. The van der Waals surface area contributed by atoms with Gasteiger partial charge in [0.25, 0.3) is 5.91 Å². The van der Waals surface area contributed by atoms with E-state index < -0.39 is 0 Å². The number of halogens is 1. The maximum atomic E-state index is 12.3. The van der Waals surface area contributed by atoms with Gasteiger partial charge >= 0.3 is 0 Å². The second-order valence-electron chi connectivity index (χ2n) is 6.05. The van der Waals surface area contributed by atoms with Crippen molar-refractivity contribution in [2.45, 2.75) is 20.4 Å². The molecule has 26 heavy (non-hydrogen) atoms. The number of carbonyl (C=O) groups is 1. The monoisotopic (exact) mass is 366 g/mol. The van der Waals surface area contributed by atoms with Gasteiger partial charge in [0.2, 0.25) is 5.95 Å². The summed E-state index contributed by atoms with van der Waals surface area (Å²) in [4.78, 5) is 20.8. The lowest BCUT2D eigenvalue weighted by Gasteiger charge is -2.09. The number of nitrogens with one attached hydrogen (secondary N) is 2. The third-order valence-corrected chi connectivity index (χ3v) is 4.17. The molecule has 3 aromatic rings. The Labute approximate surface area is 157 Å². The zero-order valence-electron chi connectivity index (χ0n) is 14.6. The van der Waals surface area contributed by atoms with Crippen molar-refractivity contribution in [2.75, 3.05) is 10.6 Å². The molecule has 0 saturated heterocycles. The second kappa shape index (κ2) is 7.97. The van der Waals surface area contributed by atoms with Crippen LogP contribution in [0, 0.1) is 13.8 Å². The number of aromatic nitrogens is 2. The molecule has 1 amide bonds. The highest BCUT2D eigenvalue weighted by atomic mass is 35.5. The van der Waals surface area contributed by atoms with Crippen LogP contribution in [0.25, 0.3) is 0 Å². The molecule has 2 N–H and O–H groups in total. The van der Waals surface area contributed by atoms with Crippen molar-refractivity contribution in [3.8, 4) is 0 Å². The maximum absolute atomic E-state index is 12.3. The SMILES string of the molecule is Cc1ccc(CNc2ncc(C(=O)Nc3cc(Cl)ccc3C)cn2)cc1. The van der Waals surface area contributed by atoms with Gasteiger partial charge in [0, 0.05) is 29.6 Å². The Morgan fingerprint density at radius 3 is 2.42 bits per heavy atom. The number of benzene rings is 2. The van der Waals surface area contributed by atoms with Gasteiger partial charge in [-0.15, -0.1) is 0 Å². The van der Waals surface area contributed by atoms with E-state index in [1.807, 2.05) is 13.0 Å². The van der Waals surface area contributed by atoms with Gasteiger partial charge in [0.05, 0.1) is 5.56 Å². The van der Waals surface area contributed by atoms with Crippen LogP contribution in [0.4, 0.5) is 11.6 Å². The molecule has 0 atom stereocenters. The van der Waals surface area contributed by atoms with Crippen LogP contribution in [0.1, 0.15) is 27.0 Å². The van der Waals surface area contributed by atoms with E-state index in [-0.39, 0.29) is 5.91 Å². The lowest BCUT2D eigenvalue weighted by atomic mass is 10.1. The Morgan fingerprint density at radius 1 is 1.04 bits per heavy atom. The lowest BCUT2D eigenvalue weighted by molar-refractivity contribution is 0.102. The zero-order valence-corrected chi connectivity index (χ0v) is 15.3. The summed E-state index contributed by atoms with van der Waals surface area (Å²) in [6.45, 7) is 4.57. The van der Waals surface area contributed by atoms with E-state index in [0.717, 1.165) is 11.1 Å². The number of anilines is 2. The normalized spacial score (nSPS) is 10.4. The van der Waals surface area contributed by atoms with Crippen LogP contribution < -0.4 is 10.6 Å². The molecule has 0 aliphatic carbocycles. The molecule has 0 unspecified atom stereocenters. The van der Waals surface area contributed by atoms with Crippen molar-refractivity contribution in [3.05, 3.63) is 82.1 Å². The molecule has 2 aromatic carbocycles. The highest BCUT2D eigenvalue weighted by Crippen LogP contribution is 2.20. The molecule has 1 aromatic heterocycles. The molecular weight excluding hydrogens is 348 g/mol. The Balaban J connectivity index is 1.62. The number of nitrogens with zero attached hydrogens (tertiary/aromatic N) is 2. The first-order valence-corrected chi connectivity index (χ1v) is 8.58. The Bertz CT molecular complexity index is 908. The predicted molar refractivity (Wildman–Crippen MR) is 105 cm³/mol. The topological polar surface area (TPSA) is 66.9 Å². The van der Waals surface area contributed by atoms with Crippen LogP contribution in [0.5, 0.6) is 0 Å². The summed E-state index contributed by atoms with van der Waals surface area (Å²) in [5.41, 5.74) is 4.34. The predicted octanol–water partition coefficient (Wildman–Crippen LogP) is 4.61. The molecule has 132 valence electrons. The van der Waals surface area contributed by atoms with Crippen molar-refractivity contribution >= 4 is 29.1 Å². The molecule has 0 bridgehead atoms. The quantitative estimate of drug-likeness (QED) is 0.691. The maximum Gasteiger partial charge on any atom is 0.258 e. The van der Waals surface area contributed by atoms with E-state index in [0.29, 0.717) is 28.8 Å². The van der Waals surface area contributed by atoms with Gasteiger partial charge in [-0.25, -0.2) is 9.97 Å². The molecule has 0 saturated carbocycles. The fourth-order valence-electron chi connectivity index (χ4n) is 2.35. The number of hydrogen-bond donors (Lipinski definition) is 2. The van der Waals surface area contributed by atoms with Gasteiger partial charge in [-0.2, -0.15) is 0 Å². The minimum Gasteiger partial charge on any atom is -0.350 e. The Kier molecular flexibility index (Phi) is 5.49. The first-order valence-electron chi connectivity index (χ1n) is 8.20. The average Bonchev–Trinajstić information content (AvgIpc) is 2.64. The number of amides is 1. The summed E-state index contributed by atoms with van der Waals surface area (Å²) in [5, 5.41) is 6.53. The zero-order chi connectivity index (χ0) is 18.5. The van der Waals surface area contributed by atoms with E-state index in [1.54, 1.807) is 12.1 Å². The lowest BCUT2D eigenvalue weighted by Crippen LogP contribution is -2.14. The van der Waals surface area contributed by atoms with E-state index in [9.17, 15) is 4.79 Å². The van der Waals surface area contributed by atoms with Crippen LogP contribution in [0.3, 0.4) is 0 Å². The first-order chi connectivity index (χ1) is 12.5. The number of hydrogen-bond acceptors (Lipinski definition) is 4. The van der Waals surface area contributed by atoms with Gasteiger partial charge in [0.15, 0.2) is 0 Å². The number of aryl methyl sites for hydroxylation is 2. The fraction of sp³-hybridized carbons (Fsp3) is 0.150. The molecule has 0 radical (unpaired) electrons. The summed E-state index contributed by atoms with van der Waals surface area (Å²) in [5.74, 6) is 0.196. The van der Waals surface area contributed by atoms with Crippen LogP contribution >= 0.6 is 11.6 Å². The van der Waals surface area contributed by atoms with Gasteiger partial charge < -0.3 is 10.6 Å². The minimum atomic E-state index is -0.277. The molecule has 0 aliphatic heterocycles. The molecule has 0 aliphatic rings. The van der Waals surface area contributed by atoms with Crippen molar-refractivity contribution in [3.63, 3.8) is 0 Å². The van der Waals surface area contributed by atoms with Crippen LogP contribution in [0.2, 0.25) is 5.02 Å². The third kappa shape index (κ3) is 4.58. The van der Waals surface area contributed by atoms with Crippen molar-refractivity contribution < 1.29 is 4.79 Å². The fourth-order valence-corrected chi connectivity index (χ4v) is 2.52. The molecule has 1 heterocycles. The number of carbonyl (C=O) groups excluding carboxylic acids is 1. The minimum absolute atomic E-state index is 0.277. The van der Waals surface area contributed by atoms with Crippen LogP contribution in [-0.4, -0.2) is 15.9 Å². The first kappa shape index (κ1) is 17.9. The van der Waals surface area contributed by atoms with Crippen molar-refractivity contribution in [1.29, 1.82) is 0 Å². The standard InChI is InChI=1S/C20H19ClN4O/c1-13-3-6-15(7-4-13)10-22-20-23-11-16(12-24-20)19(26)25-18-9-17(21)8-5-14(18)2/h3-9,11-12H,10H2,1-2H3,(H,25,26)(H,22,23,24). The summed E-state index contributed by atoms with van der Waals surface area (Å²) in [6, 6.07) is 13.6. The third-order valence-electron chi connectivity index (χ3n) is 3.93. The molecule has 6 heteroatoms.